The molecular weight excluding hydrogens is 160 g/mol. The molecule has 1 heteroatoms. The number of hydrogen-bond acceptors (Lipinski definition) is 1. The third-order valence-electron chi connectivity index (χ3n) is 4.02. The van der Waals surface area contributed by atoms with E-state index in [1.807, 2.05) is 6.08 Å². The van der Waals surface area contributed by atoms with Crippen molar-refractivity contribution in [1.82, 2.24) is 0 Å². The molecule has 2 saturated carbocycles. The van der Waals surface area contributed by atoms with Gasteiger partial charge in [-0.2, -0.15) is 0 Å². The minimum Gasteiger partial charge on any atom is -0.300 e. The number of allylic oxidation sites excluding steroid dienone is 1. The second-order valence-corrected chi connectivity index (χ2v) is 4.69. The zero-order chi connectivity index (χ0) is 9.31. The first-order valence-corrected chi connectivity index (χ1v) is 5.39. The van der Waals surface area contributed by atoms with Gasteiger partial charge in [-0.15, -0.1) is 6.58 Å². The third-order valence-corrected chi connectivity index (χ3v) is 4.02. The molecule has 0 saturated heterocycles. The van der Waals surface area contributed by atoms with Crippen LogP contribution >= 0.6 is 0 Å². The van der Waals surface area contributed by atoms with Gasteiger partial charge in [0.2, 0.25) is 0 Å². The van der Waals surface area contributed by atoms with Gasteiger partial charge >= 0.3 is 0 Å². The quantitative estimate of drug-likeness (QED) is 0.594. The summed E-state index contributed by atoms with van der Waals surface area (Å²) < 4.78 is 0. The van der Waals surface area contributed by atoms with Crippen LogP contribution in [-0.2, 0) is 4.79 Å². The number of carbonyl (C=O) groups is 1. The minimum absolute atomic E-state index is 0.482. The molecule has 2 aliphatic rings. The maximum atomic E-state index is 11.3. The minimum atomic E-state index is 0.482. The standard InChI is InChI=1S/C12H18O/c1-2-6-12-7-3-4-10(12)9-11(13)5-8-12/h2,10H,1,3-9H2/t10-,12+/m1/s1. The number of hydrogen-bond donors (Lipinski definition) is 0. The molecule has 0 spiro atoms. The van der Waals surface area contributed by atoms with E-state index in [1.54, 1.807) is 0 Å². The molecule has 0 radical (unpaired) electrons. The van der Waals surface area contributed by atoms with Crippen LogP contribution < -0.4 is 0 Å². The molecule has 0 aromatic rings. The Morgan fingerprint density at radius 2 is 2.38 bits per heavy atom. The van der Waals surface area contributed by atoms with E-state index in [1.165, 1.54) is 19.3 Å². The van der Waals surface area contributed by atoms with Crippen molar-refractivity contribution < 1.29 is 4.79 Å². The van der Waals surface area contributed by atoms with Crippen LogP contribution in [0.25, 0.3) is 0 Å². The lowest BCUT2D eigenvalue weighted by atomic mass is 9.66. The van der Waals surface area contributed by atoms with Gasteiger partial charge < -0.3 is 0 Å². The molecule has 0 aromatic heterocycles. The Balaban J connectivity index is 2.15. The number of fused-ring (bicyclic) bond motifs is 1. The lowest BCUT2D eigenvalue weighted by molar-refractivity contribution is -0.124. The average Bonchev–Trinajstić information content (AvgIpc) is 2.49. The molecular formula is C12H18O. The lowest BCUT2D eigenvalue weighted by Crippen LogP contribution is -2.32. The molecule has 13 heavy (non-hydrogen) atoms. The zero-order valence-electron chi connectivity index (χ0n) is 8.22. The van der Waals surface area contributed by atoms with Crippen LogP contribution in [0.2, 0.25) is 0 Å². The molecule has 2 aliphatic carbocycles. The zero-order valence-corrected chi connectivity index (χ0v) is 8.22. The third kappa shape index (κ3) is 1.45. The van der Waals surface area contributed by atoms with E-state index < -0.39 is 0 Å². The number of rotatable bonds is 2. The molecule has 0 aliphatic heterocycles. The Bertz CT molecular complexity index is 231. The molecule has 2 fully saturated rings. The van der Waals surface area contributed by atoms with E-state index in [0.29, 0.717) is 17.1 Å². The van der Waals surface area contributed by atoms with E-state index in [-0.39, 0.29) is 0 Å². The molecule has 0 amide bonds. The topological polar surface area (TPSA) is 17.1 Å². The summed E-state index contributed by atoms with van der Waals surface area (Å²) in [5.41, 5.74) is 0.482. The molecule has 2 atom stereocenters. The number of Topliss-reactive ketones (excluding diaryl/α,β-unsaturated/α-hetero) is 1. The van der Waals surface area contributed by atoms with E-state index in [0.717, 1.165) is 25.7 Å². The van der Waals surface area contributed by atoms with Crippen LogP contribution in [0.1, 0.15) is 44.9 Å². The molecule has 0 unspecified atom stereocenters. The largest absolute Gasteiger partial charge is 0.300 e. The van der Waals surface area contributed by atoms with Crippen LogP contribution in [0.15, 0.2) is 12.7 Å². The van der Waals surface area contributed by atoms with Crippen molar-refractivity contribution in [3.8, 4) is 0 Å². The highest BCUT2D eigenvalue weighted by molar-refractivity contribution is 5.79. The molecule has 0 aromatic carbocycles. The predicted octanol–water partition coefficient (Wildman–Crippen LogP) is 3.10. The van der Waals surface area contributed by atoms with Gasteiger partial charge in [-0.1, -0.05) is 12.5 Å². The summed E-state index contributed by atoms with van der Waals surface area (Å²) in [4.78, 5) is 11.3. The first-order chi connectivity index (χ1) is 6.27. The van der Waals surface area contributed by atoms with Crippen LogP contribution in [-0.4, -0.2) is 5.78 Å². The maximum absolute atomic E-state index is 11.3. The van der Waals surface area contributed by atoms with Crippen molar-refractivity contribution in [1.29, 1.82) is 0 Å². The van der Waals surface area contributed by atoms with E-state index in [4.69, 9.17) is 0 Å². The van der Waals surface area contributed by atoms with Gasteiger partial charge in [0.25, 0.3) is 0 Å². The first kappa shape index (κ1) is 8.98. The van der Waals surface area contributed by atoms with Crippen LogP contribution in [0, 0.1) is 11.3 Å². The van der Waals surface area contributed by atoms with Crippen molar-refractivity contribution in [3.05, 3.63) is 12.7 Å². The number of ketones is 1. The van der Waals surface area contributed by atoms with Gasteiger partial charge in [0.1, 0.15) is 5.78 Å². The Labute approximate surface area is 80.2 Å². The maximum Gasteiger partial charge on any atom is 0.133 e. The summed E-state index contributed by atoms with van der Waals surface area (Å²) in [6.45, 7) is 3.84. The fourth-order valence-electron chi connectivity index (χ4n) is 3.28. The monoisotopic (exact) mass is 178 g/mol. The highest BCUT2D eigenvalue weighted by Gasteiger charge is 2.44. The average molecular weight is 178 g/mol. The van der Waals surface area contributed by atoms with Crippen LogP contribution in [0.3, 0.4) is 0 Å². The van der Waals surface area contributed by atoms with Gasteiger partial charge in [-0.3, -0.25) is 4.79 Å². The van der Waals surface area contributed by atoms with Crippen molar-refractivity contribution in [3.63, 3.8) is 0 Å². The highest BCUT2D eigenvalue weighted by atomic mass is 16.1. The molecule has 0 heterocycles. The van der Waals surface area contributed by atoms with Gasteiger partial charge in [0, 0.05) is 12.8 Å². The smallest absolute Gasteiger partial charge is 0.133 e. The van der Waals surface area contributed by atoms with Gasteiger partial charge in [0.05, 0.1) is 0 Å². The molecule has 0 bridgehead atoms. The van der Waals surface area contributed by atoms with E-state index >= 15 is 0 Å². The fraction of sp³-hybridized carbons (Fsp3) is 0.750. The molecule has 0 N–H and O–H groups in total. The second-order valence-electron chi connectivity index (χ2n) is 4.69. The highest BCUT2D eigenvalue weighted by Crippen LogP contribution is 2.53. The van der Waals surface area contributed by atoms with Gasteiger partial charge in [0.15, 0.2) is 0 Å². The normalized spacial score (nSPS) is 38.8. The summed E-state index contributed by atoms with van der Waals surface area (Å²) in [6.07, 6.45) is 9.92. The summed E-state index contributed by atoms with van der Waals surface area (Å²) in [5.74, 6) is 1.18. The summed E-state index contributed by atoms with van der Waals surface area (Å²) in [7, 11) is 0. The van der Waals surface area contributed by atoms with Crippen molar-refractivity contribution >= 4 is 5.78 Å². The van der Waals surface area contributed by atoms with E-state index in [2.05, 4.69) is 6.58 Å². The van der Waals surface area contributed by atoms with E-state index in [9.17, 15) is 4.79 Å². The van der Waals surface area contributed by atoms with Crippen molar-refractivity contribution in [2.45, 2.75) is 44.9 Å². The van der Waals surface area contributed by atoms with Gasteiger partial charge in [-0.25, -0.2) is 0 Å². The molecule has 72 valence electrons. The summed E-state index contributed by atoms with van der Waals surface area (Å²) >= 11 is 0. The lowest BCUT2D eigenvalue weighted by Gasteiger charge is -2.38. The fourth-order valence-corrected chi connectivity index (χ4v) is 3.28. The second kappa shape index (κ2) is 3.28. The molecule has 1 nitrogen and oxygen atoms in total. The summed E-state index contributed by atoms with van der Waals surface area (Å²) in [6, 6.07) is 0. The Morgan fingerprint density at radius 1 is 1.54 bits per heavy atom. The Morgan fingerprint density at radius 3 is 3.15 bits per heavy atom. The summed E-state index contributed by atoms with van der Waals surface area (Å²) in [5, 5.41) is 0. The number of carbonyl (C=O) groups excluding carboxylic acids is 1. The Hall–Kier alpha value is -0.590. The SMILES string of the molecule is C=CC[C@@]12CCC[C@@H]1CC(=O)CC2. The van der Waals surface area contributed by atoms with Crippen LogP contribution in [0.5, 0.6) is 0 Å². The Kier molecular flexibility index (Phi) is 2.27. The van der Waals surface area contributed by atoms with Crippen molar-refractivity contribution in [2.75, 3.05) is 0 Å². The first-order valence-electron chi connectivity index (χ1n) is 5.39. The predicted molar refractivity (Wildman–Crippen MR) is 53.4 cm³/mol. The molecule has 2 rings (SSSR count). The van der Waals surface area contributed by atoms with Gasteiger partial charge in [-0.05, 0) is 37.0 Å². The van der Waals surface area contributed by atoms with Crippen molar-refractivity contribution in [2.24, 2.45) is 11.3 Å². The van der Waals surface area contributed by atoms with Crippen LogP contribution in [0.4, 0.5) is 0 Å².